The Morgan fingerprint density at radius 1 is 1.34 bits per heavy atom. The van der Waals surface area contributed by atoms with Crippen molar-refractivity contribution in [1.29, 1.82) is 5.26 Å². The molecular formula is C21H22F2N2O4. The predicted octanol–water partition coefficient (Wildman–Crippen LogP) is 4.14. The normalized spacial score (nSPS) is 20.9. The molecule has 1 aliphatic heterocycles. The number of benzene rings is 1. The van der Waals surface area contributed by atoms with Gasteiger partial charge in [0.25, 0.3) is 0 Å². The van der Waals surface area contributed by atoms with Crippen LogP contribution in [0.3, 0.4) is 0 Å². The molecule has 0 unspecified atom stereocenters. The summed E-state index contributed by atoms with van der Waals surface area (Å²) in [6, 6.07) is 6.39. The van der Waals surface area contributed by atoms with Crippen LogP contribution in [-0.4, -0.2) is 19.0 Å². The highest BCUT2D eigenvalue weighted by atomic mass is 19.3. The van der Waals surface area contributed by atoms with Crippen molar-refractivity contribution in [3.05, 3.63) is 46.6 Å². The third-order valence-electron chi connectivity index (χ3n) is 4.89. The highest BCUT2D eigenvalue weighted by Crippen LogP contribution is 2.48. The highest BCUT2D eigenvalue weighted by molar-refractivity contribution is 6.00. The van der Waals surface area contributed by atoms with Crippen LogP contribution < -0.4 is 15.2 Å². The number of ketones is 1. The maximum atomic E-state index is 13.0. The number of Topliss-reactive ketones (excluding diaryl/α,β-unsaturated/α-hetero) is 1. The zero-order valence-corrected chi connectivity index (χ0v) is 16.4. The lowest BCUT2D eigenvalue weighted by Crippen LogP contribution is -2.33. The van der Waals surface area contributed by atoms with Gasteiger partial charge in [0.15, 0.2) is 17.3 Å². The monoisotopic (exact) mass is 404 g/mol. The molecule has 29 heavy (non-hydrogen) atoms. The van der Waals surface area contributed by atoms with Gasteiger partial charge in [0.1, 0.15) is 17.4 Å². The average molecular weight is 404 g/mol. The van der Waals surface area contributed by atoms with Gasteiger partial charge in [-0.3, -0.25) is 4.79 Å². The van der Waals surface area contributed by atoms with E-state index >= 15 is 0 Å². The van der Waals surface area contributed by atoms with Crippen molar-refractivity contribution in [3.63, 3.8) is 0 Å². The van der Waals surface area contributed by atoms with Gasteiger partial charge in [0.2, 0.25) is 5.88 Å². The quantitative estimate of drug-likeness (QED) is 0.793. The Morgan fingerprint density at radius 2 is 2.07 bits per heavy atom. The standard InChI is InChI=1S/C21H22F2N2O4/c1-4-27-15-7-11(5-6-14(15)29-20(22)23)17-12(10-24)19(25)28-16-9-21(2,3)8-13(26)18(16)17/h5-7,17,20H,4,8-9,25H2,1-3H3/t17-/m1/s1. The van der Waals surface area contributed by atoms with E-state index in [-0.39, 0.29) is 40.8 Å². The fourth-order valence-electron chi connectivity index (χ4n) is 3.78. The summed E-state index contributed by atoms with van der Waals surface area (Å²) >= 11 is 0. The van der Waals surface area contributed by atoms with Gasteiger partial charge < -0.3 is 19.9 Å². The first-order valence-corrected chi connectivity index (χ1v) is 9.22. The van der Waals surface area contributed by atoms with E-state index in [4.69, 9.17) is 15.2 Å². The predicted molar refractivity (Wildman–Crippen MR) is 99.9 cm³/mol. The van der Waals surface area contributed by atoms with Crippen LogP contribution in [0.25, 0.3) is 0 Å². The van der Waals surface area contributed by atoms with Crippen molar-refractivity contribution in [2.24, 2.45) is 11.1 Å². The van der Waals surface area contributed by atoms with Crippen molar-refractivity contribution >= 4 is 5.78 Å². The van der Waals surface area contributed by atoms with Gasteiger partial charge in [-0.2, -0.15) is 14.0 Å². The lowest BCUT2D eigenvalue weighted by molar-refractivity contribution is -0.119. The highest BCUT2D eigenvalue weighted by Gasteiger charge is 2.43. The molecule has 0 saturated heterocycles. The summed E-state index contributed by atoms with van der Waals surface area (Å²) in [4.78, 5) is 13.0. The second kappa shape index (κ2) is 7.74. The second-order valence-electron chi connectivity index (χ2n) is 7.72. The number of alkyl halides is 2. The smallest absolute Gasteiger partial charge is 0.387 e. The molecule has 0 radical (unpaired) electrons. The molecule has 1 atom stereocenters. The molecule has 0 saturated carbocycles. The number of hydrogen-bond acceptors (Lipinski definition) is 6. The largest absolute Gasteiger partial charge is 0.490 e. The number of carbonyl (C=O) groups is 1. The summed E-state index contributed by atoms with van der Waals surface area (Å²) in [5, 5.41) is 9.66. The number of nitriles is 1. The van der Waals surface area contributed by atoms with Crippen LogP contribution >= 0.6 is 0 Å². The zero-order chi connectivity index (χ0) is 21.3. The summed E-state index contributed by atoms with van der Waals surface area (Å²) in [6.07, 6.45) is 0.796. The van der Waals surface area contributed by atoms with Crippen molar-refractivity contribution in [2.45, 2.75) is 46.1 Å². The fourth-order valence-corrected chi connectivity index (χ4v) is 3.78. The van der Waals surface area contributed by atoms with Crippen LogP contribution in [0.4, 0.5) is 8.78 Å². The summed E-state index contributed by atoms with van der Waals surface area (Å²) in [7, 11) is 0. The van der Waals surface area contributed by atoms with E-state index in [1.54, 1.807) is 6.92 Å². The van der Waals surface area contributed by atoms with Crippen LogP contribution in [-0.2, 0) is 9.53 Å². The summed E-state index contributed by atoms with van der Waals surface area (Å²) in [5.74, 6) is -0.539. The van der Waals surface area contributed by atoms with Gasteiger partial charge in [0.05, 0.1) is 12.5 Å². The molecule has 1 aliphatic carbocycles. The number of ether oxygens (including phenoxy) is 3. The number of nitrogens with zero attached hydrogens (tertiary/aromatic N) is 1. The molecule has 2 N–H and O–H groups in total. The molecule has 0 spiro atoms. The molecule has 3 rings (SSSR count). The van der Waals surface area contributed by atoms with Gasteiger partial charge in [-0.25, -0.2) is 0 Å². The minimum Gasteiger partial charge on any atom is -0.490 e. The third kappa shape index (κ3) is 4.04. The Labute approximate surface area is 167 Å². The van der Waals surface area contributed by atoms with Gasteiger partial charge in [-0.05, 0) is 30.0 Å². The molecule has 1 aromatic carbocycles. The molecule has 2 aliphatic rings. The zero-order valence-electron chi connectivity index (χ0n) is 16.4. The number of halogens is 2. The maximum Gasteiger partial charge on any atom is 0.387 e. The van der Waals surface area contributed by atoms with Crippen LogP contribution in [0, 0.1) is 16.7 Å². The van der Waals surface area contributed by atoms with E-state index in [1.165, 1.54) is 18.2 Å². The van der Waals surface area contributed by atoms with Crippen molar-refractivity contribution in [1.82, 2.24) is 0 Å². The molecule has 8 heteroatoms. The number of hydrogen-bond donors (Lipinski definition) is 1. The lowest BCUT2D eigenvalue weighted by atomic mass is 9.70. The van der Waals surface area contributed by atoms with E-state index in [1.807, 2.05) is 19.9 Å². The first kappa shape index (κ1) is 20.6. The molecule has 0 bridgehead atoms. The van der Waals surface area contributed by atoms with E-state index in [0.29, 0.717) is 29.7 Å². The van der Waals surface area contributed by atoms with Crippen molar-refractivity contribution < 1.29 is 27.8 Å². The summed E-state index contributed by atoms with van der Waals surface area (Å²) < 4.78 is 41.0. The van der Waals surface area contributed by atoms with Crippen LogP contribution in [0.5, 0.6) is 11.5 Å². The van der Waals surface area contributed by atoms with E-state index in [9.17, 15) is 18.8 Å². The Morgan fingerprint density at radius 3 is 2.69 bits per heavy atom. The molecular weight excluding hydrogens is 382 g/mol. The summed E-state index contributed by atoms with van der Waals surface area (Å²) in [5.41, 5.74) is 6.68. The lowest BCUT2D eigenvalue weighted by Gasteiger charge is -2.37. The Balaban J connectivity index is 2.14. The number of allylic oxidation sites excluding steroid dienone is 3. The number of nitrogens with two attached hydrogens (primary N) is 1. The van der Waals surface area contributed by atoms with Gasteiger partial charge in [-0.1, -0.05) is 19.9 Å². The van der Waals surface area contributed by atoms with Gasteiger partial charge in [-0.15, -0.1) is 0 Å². The van der Waals surface area contributed by atoms with Gasteiger partial charge in [0, 0.05) is 18.4 Å². The number of rotatable bonds is 5. The SMILES string of the molecule is CCOc1cc([C@@H]2C(C#N)=C(N)OC3=C2C(=O)CC(C)(C)C3)ccc1OC(F)F. The topological polar surface area (TPSA) is 94.6 Å². The fraction of sp³-hybridized carbons (Fsp3) is 0.429. The summed E-state index contributed by atoms with van der Waals surface area (Å²) in [6.45, 7) is 2.83. The Hall–Kier alpha value is -3.08. The van der Waals surface area contributed by atoms with E-state index in [2.05, 4.69) is 4.74 Å². The minimum absolute atomic E-state index is 0.0624. The third-order valence-corrected chi connectivity index (χ3v) is 4.89. The minimum atomic E-state index is -3.01. The Kier molecular flexibility index (Phi) is 5.51. The molecule has 0 aromatic heterocycles. The van der Waals surface area contributed by atoms with Crippen molar-refractivity contribution in [2.75, 3.05) is 6.61 Å². The van der Waals surface area contributed by atoms with Crippen LogP contribution in [0.15, 0.2) is 41.0 Å². The van der Waals surface area contributed by atoms with E-state index in [0.717, 1.165) is 0 Å². The molecule has 0 amide bonds. The van der Waals surface area contributed by atoms with Crippen LogP contribution in [0.1, 0.15) is 45.1 Å². The Bertz CT molecular complexity index is 944. The molecule has 1 aromatic rings. The van der Waals surface area contributed by atoms with E-state index < -0.39 is 12.5 Å². The average Bonchev–Trinajstić information content (AvgIpc) is 2.60. The first-order chi connectivity index (χ1) is 13.7. The first-order valence-electron chi connectivity index (χ1n) is 9.22. The van der Waals surface area contributed by atoms with Gasteiger partial charge >= 0.3 is 6.61 Å². The molecule has 6 nitrogen and oxygen atoms in total. The molecule has 154 valence electrons. The van der Waals surface area contributed by atoms with Crippen molar-refractivity contribution in [3.8, 4) is 17.6 Å². The molecule has 0 fully saturated rings. The number of carbonyl (C=O) groups excluding carboxylic acids is 1. The van der Waals surface area contributed by atoms with Crippen LogP contribution in [0.2, 0.25) is 0 Å². The molecule has 1 heterocycles. The maximum absolute atomic E-state index is 13.0. The second-order valence-corrected chi connectivity index (χ2v) is 7.72.